The third-order valence-corrected chi connectivity index (χ3v) is 5.69. The molecule has 0 aliphatic carbocycles. The molecular formula is C21H24O4S. The Labute approximate surface area is 158 Å². The standard InChI is InChI=1S/C21H24O4S/c1-23-14-18-20(22)21(25-13-17-10-6-3-7-11-17)19(26-18)15-24-12-16-8-4-2-5-9-16/h2-11,18-19,21H,12-15H2,1H3/t18?,19-,21-/m1/s1. The second-order valence-corrected chi connectivity index (χ2v) is 7.69. The molecule has 1 heterocycles. The summed E-state index contributed by atoms with van der Waals surface area (Å²) in [4.78, 5) is 12.7. The first-order chi connectivity index (χ1) is 12.8. The monoisotopic (exact) mass is 372 g/mol. The Kier molecular flexibility index (Phi) is 7.26. The first-order valence-electron chi connectivity index (χ1n) is 8.73. The highest BCUT2D eigenvalue weighted by Gasteiger charge is 2.43. The van der Waals surface area contributed by atoms with Gasteiger partial charge in [-0.25, -0.2) is 0 Å². The van der Waals surface area contributed by atoms with Crippen LogP contribution >= 0.6 is 11.8 Å². The lowest BCUT2D eigenvalue weighted by Gasteiger charge is -2.18. The Bertz CT molecular complexity index is 677. The van der Waals surface area contributed by atoms with Crippen LogP contribution in [0.3, 0.4) is 0 Å². The van der Waals surface area contributed by atoms with Crippen molar-refractivity contribution in [2.75, 3.05) is 20.3 Å². The highest BCUT2D eigenvalue weighted by Crippen LogP contribution is 2.34. The quantitative estimate of drug-likeness (QED) is 0.674. The van der Waals surface area contributed by atoms with Gasteiger partial charge >= 0.3 is 0 Å². The summed E-state index contributed by atoms with van der Waals surface area (Å²) in [6, 6.07) is 19.9. The summed E-state index contributed by atoms with van der Waals surface area (Å²) >= 11 is 1.60. The van der Waals surface area contributed by atoms with Gasteiger partial charge in [-0.15, -0.1) is 11.8 Å². The van der Waals surface area contributed by atoms with E-state index >= 15 is 0 Å². The van der Waals surface area contributed by atoms with Crippen LogP contribution in [0.15, 0.2) is 60.7 Å². The third kappa shape index (κ3) is 5.17. The van der Waals surface area contributed by atoms with Crippen LogP contribution < -0.4 is 0 Å². The maximum Gasteiger partial charge on any atom is 0.178 e. The molecule has 1 saturated heterocycles. The number of hydrogen-bond donors (Lipinski definition) is 0. The van der Waals surface area contributed by atoms with Crippen molar-refractivity contribution in [1.82, 2.24) is 0 Å². The highest BCUT2D eigenvalue weighted by atomic mass is 32.2. The van der Waals surface area contributed by atoms with Gasteiger partial charge in [0.25, 0.3) is 0 Å². The number of thioether (sulfide) groups is 1. The van der Waals surface area contributed by atoms with Crippen molar-refractivity contribution >= 4 is 17.5 Å². The largest absolute Gasteiger partial charge is 0.383 e. The summed E-state index contributed by atoms with van der Waals surface area (Å²) in [6.07, 6.45) is -0.462. The molecule has 5 heteroatoms. The maximum atomic E-state index is 12.7. The molecule has 0 aromatic heterocycles. The summed E-state index contributed by atoms with van der Waals surface area (Å²) in [6.45, 7) is 1.84. The van der Waals surface area contributed by atoms with Gasteiger partial charge in [0.15, 0.2) is 5.78 Å². The molecule has 0 spiro atoms. The van der Waals surface area contributed by atoms with E-state index in [4.69, 9.17) is 14.2 Å². The smallest absolute Gasteiger partial charge is 0.178 e. The van der Waals surface area contributed by atoms with E-state index in [1.165, 1.54) is 0 Å². The molecule has 2 aromatic carbocycles. The molecule has 1 fully saturated rings. The van der Waals surface area contributed by atoms with E-state index in [1.807, 2.05) is 60.7 Å². The Morgan fingerprint density at radius 3 is 2.12 bits per heavy atom. The minimum absolute atomic E-state index is 0.0184. The Morgan fingerprint density at radius 2 is 1.50 bits per heavy atom. The first kappa shape index (κ1) is 19.1. The van der Waals surface area contributed by atoms with Crippen LogP contribution in [0.2, 0.25) is 0 Å². The first-order valence-corrected chi connectivity index (χ1v) is 9.67. The molecule has 138 valence electrons. The van der Waals surface area contributed by atoms with Crippen molar-refractivity contribution in [3.63, 3.8) is 0 Å². The van der Waals surface area contributed by atoms with E-state index in [0.717, 1.165) is 11.1 Å². The fourth-order valence-electron chi connectivity index (χ4n) is 2.93. The third-order valence-electron chi connectivity index (χ3n) is 4.26. The van der Waals surface area contributed by atoms with Crippen molar-refractivity contribution in [2.45, 2.75) is 29.8 Å². The van der Waals surface area contributed by atoms with Crippen LogP contribution in [0.25, 0.3) is 0 Å². The lowest BCUT2D eigenvalue weighted by molar-refractivity contribution is -0.131. The molecule has 3 rings (SSSR count). The van der Waals surface area contributed by atoms with E-state index < -0.39 is 6.10 Å². The van der Waals surface area contributed by atoms with Gasteiger partial charge in [0.1, 0.15) is 6.10 Å². The minimum atomic E-state index is -0.462. The number of benzene rings is 2. The van der Waals surface area contributed by atoms with Crippen LogP contribution in [0.1, 0.15) is 11.1 Å². The highest BCUT2D eigenvalue weighted by molar-refractivity contribution is 8.01. The summed E-state index contributed by atoms with van der Waals surface area (Å²) in [5.41, 5.74) is 2.18. The number of carbonyl (C=O) groups excluding carboxylic acids is 1. The van der Waals surface area contributed by atoms with Gasteiger partial charge < -0.3 is 14.2 Å². The topological polar surface area (TPSA) is 44.8 Å². The molecule has 0 amide bonds. The second-order valence-electron chi connectivity index (χ2n) is 6.24. The molecule has 1 aliphatic rings. The van der Waals surface area contributed by atoms with Gasteiger partial charge in [-0.05, 0) is 11.1 Å². The van der Waals surface area contributed by atoms with E-state index in [2.05, 4.69) is 0 Å². The summed E-state index contributed by atoms with van der Waals surface area (Å²) < 4.78 is 17.0. The van der Waals surface area contributed by atoms with Crippen molar-refractivity contribution in [2.24, 2.45) is 0 Å². The van der Waals surface area contributed by atoms with Gasteiger partial charge in [0, 0.05) is 7.11 Å². The lowest BCUT2D eigenvalue weighted by Crippen LogP contribution is -2.34. The molecule has 0 N–H and O–H groups in total. The number of ether oxygens (including phenoxy) is 3. The fourth-order valence-corrected chi connectivity index (χ4v) is 4.37. The summed E-state index contributed by atoms with van der Waals surface area (Å²) in [7, 11) is 1.62. The van der Waals surface area contributed by atoms with Crippen molar-refractivity contribution < 1.29 is 19.0 Å². The Hall–Kier alpha value is -1.66. The zero-order valence-electron chi connectivity index (χ0n) is 14.9. The second kappa shape index (κ2) is 9.88. The van der Waals surface area contributed by atoms with Crippen molar-refractivity contribution in [1.29, 1.82) is 0 Å². The number of hydrogen-bond acceptors (Lipinski definition) is 5. The van der Waals surface area contributed by atoms with Gasteiger partial charge in [-0.3, -0.25) is 4.79 Å². The lowest BCUT2D eigenvalue weighted by atomic mass is 10.1. The average molecular weight is 372 g/mol. The SMILES string of the molecule is COCC1S[C@H](COCc2ccccc2)[C@@H](OCc2ccccc2)C1=O. The molecular weight excluding hydrogens is 348 g/mol. The van der Waals surface area contributed by atoms with E-state index in [0.29, 0.717) is 26.4 Å². The molecule has 4 nitrogen and oxygen atoms in total. The number of methoxy groups -OCH3 is 1. The Morgan fingerprint density at radius 1 is 0.885 bits per heavy atom. The van der Waals surface area contributed by atoms with E-state index in [9.17, 15) is 4.79 Å². The minimum Gasteiger partial charge on any atom is -0.383 e. The van der Waals surface area contributed by atoms with Crippen LogP contribution in [-0.4, -0.2) is 42.7 Å². The molecule has 0 radical (unpaired) electrons. The van der Waals surface area contributed by atoms with Crippen LogP contribution in [0.5, 0.6) is 0 Å². The Balaban J connectivity index is 1.57. The number of ketones is 1. The van der Waals surface area contributed by atoms with E-state index in [-0.39, 0.29) is 16.3 Å². The molecule has 1 unspecified atom stereocenters. The zero-order chi connectivity index (χ0) is 18.2. The van der Waals surface area contributed by atoms with Crippen LogP contribution in [0.4, 0.5) is 0 Å². The molecule has 26 heavy (non-hydrogen) atoms. The zero-order valence-corrected chi connectivity index (χ0v) is 15.7. The number of rotatable bonds is 9. The predicted octanol–water partition coefficient (Wildman–Crippen LogP) is 3.49. The average Bonchev–Trinajstić information content (AvgIpc) is 2.97. The molecule has 0 saturated carbocycles. The fraction of sp³-hybridized carbons (Fsp3) is 0.381. The molecule has 3 atom stereocenters. The number of carbonyl (C=O) groups is 1. The normalized spacial score (nSPS) is 22.7. The predicted molar refractivity (Wildman–Crippen MR) is 103 cm³/mol. The van der Waals surface area contributed by atoms with Crippen molar-refractivity contribution in [3.8, 4) is 0 Å². The summed E-state index contributed by atoms with van der Waals surface area (Å²) in [5, 5.41) is -0.207. The van der Waals surface area contributed by atoms with Crippen molar-refractivity contribution in [3.05, 3.63) is 71.8 Å². The van der Waals surface area contributed by atoms with Crippen LogP contribution in [0, 0.1) is 0 Å². The van der Waals surface area contributed by atoms with Gasteiger partial charge in [0.05, 0.1) is 36.9 Å². The van der Waals surface area contributed by atoms with Crippen LogP contribution in [-0.2, 0) is 32.2 Å². The molecule has 0 bridgehead atoms. The van der Waals surface area contributed by atoms with Gasteiger partial charge in [0.2, 0.25) is 0 Å². The molecule has 2 aromatic rings. The molecule has 1 aliphatic heterocycles. The summed E-state index contributed by atoms with van der Waals surface area (Å²) in [5.74, 6) is 0.0982. The van der Waals surface area contributed by atoms with E-state index in [1.54, 1.807) is 18.9 Å². The van der Waals surface area contributed by atoms with Gasteiger partial charge in [-0.1, -0.05) is 60.7 Å². The van der Waals surface area contributed by atoms with Gasteiger partial charge in [-0.2, -0.15) is 0 Å². The number of Topliss-reactive ketones (excluding diaryl/α,β-unsaturated/α-hetero) is 1. The maximum absolute atomic E-state index is 12.7.